The molecule has 2 rings (SSSR count). The van der Waals surface area contributed by atoms with E-state index in [0.717, 1.165) is 11.1 Å². The number of nitrogens with one attached hydrogen (secondary N) is 2. The van der Waals surface area contributed by atoms with Crippen molar-refractivity contribution in [1.29, 1.82) is 0 Å². The first-order chi connectivity index (χ1) is 14.3. The van der Waals surface area contributed by atoms with Crippen LogP contribution in [0.5, 0.6) is 5.75 Å². The Morgan fingerprint density at radius 1 is 1.13 bits per heavy atom. The lowest BCUT2D eigenvalue weighted by Crippen LogP contribution is -2.39. The maximum Gasteiger partial charge on any atom is 0.328 e. The van der Waals surface area contributed by atoms with Gasteiger partial charge in [0.1, 0.15) is 11.8 Å². The highest BCUT2D eigenvalue weighted by Crippen LogP contribution is 2.22. The quantitative estimate of drug-likeness (QED) is 0.494. The smallest absolute Gasteiger partial charge is 0.328 e. The Morgan fingerprint density at radius 3 is 2.47 bits per heavy atom. The average molecular weight is 431 g/mol. The third-order valence-electron chi connectivity index (χ3n) is 4.00. The highest BCUT2D eigenvalue weighted by atomic mass is 35.5. The molecule has 30 heavy (non-hydrogen) atoms. The van der Waals surface area contributed by atoms with E-state index in [-0.39, 0.29) is 0 Å². The number of carbonyl (C=O) groups is 3. The van der Waals surface area contributed by atoms with Gasteiger partial charge in [0, 0.05) is 6.08 Å². The van der Waals surface area contributed by atoms with Crippen LogP contribution in [-0.4, -0.2) is 37.5 Å². The topological polar surface area (TPSA) is 93.7 Å². The molecule has 2 N–H and O–H groups in total. The van der Waals surface area contributed by atoms with Crippen LogP contribution in [0.3, 0.4) is 0 Å². The number of amides is 2. The van der Waals surface area contributed by atoms with Gasteiger partial charge in [-0.25, -0.2) is 4.79 Å². The molecule has 8 heteroatoms. The number of benzene rings is 2. The lowest BCUT2D eigenvalue weighted by molar-refractivity contribution is -0.149. The van der Waals surface area contributed by atoms with E-state index in [1.165, 1.54) is 13.0 Å². The Kier molecular flexibility index (Phi) is 8.43. The van der Waals surface area contributed by atoms with Crippen molar-refractivity contribution >= 4 is 41.1 Å². The van der Waals surface area contributed by atoms with Crippen molar-refractivity contribution in [2.45, 2.75) is 19.9 Å². The van der Waals surface area contributed by atoms with Crippen molar-refractivity contribution in [3.05, 3.63) is 64.7 Å². The molecule has 0 aliphatic heterocycles. The van der Waals surface area contributed by atoms with Crippen LogP contribution in [0.25, 0.3) is 6.08 Å². The number of rotatable bonds is 8. The molecule has 0 bridgehead atoms. The molecule has 0 aromatic heterocycles. The maximum absolute atomic E-state index is 12.0. The fourth-order valence-corrected chi connectivity index (χ4v) is 2.66. The van der Waals surface area contributed by atoms with Crippen molar-refractivity contribution in [3.63, 3.8) is 0 Å². The van der Waals surface area contributed by atoms with Gasteiger partial charge in [-0.1, -0.05) is 29.8 Å². The maximum atomic E-state index is 12.0. The van der Waals surface area contributed by atoms with Gasteiger partial charge in [-0.3, -0.25) is 9.59 Å². The molecule has 1 atom stereocenters. The zero-order valence-corrected chi connectivity index (χ0v) is 17.7. The Balaban J connectivity index is 1.78. The fraction of sp³-hybridized carbons (Fsp3) is 0.227. The predicted octanol–water partition coefficient (Wildman–Crippen LogP) is 3.36. The van der Waals surface area contributed by atoms with Crippen molar-refractivity contribution < 1.29 is 23.9 Å². The van der Waals surface area contributed by atoms with Gasteiger partial charge in [0.15, 0.2) is 6.61 Å². The lowest BCUT2D eigenvalue weighted by atomic mass is 10.2. The summed E-state index contributed by atoms with van der Waals surface area (Å²) in [6.07, 6.45) is 2.91. The van der Waals surface area contributed by atoms with Gasteiger partial charge in [0.2, 0.25) is 5.91 Å². The number of hydrogen-bond acceptors (Lipinski definition) is 5. The third kappa shape index (κ3) is 7.25. The third-order valence-corrected chi connectivity index (χ3v) is 4.31. The second-order valence-corrected chi connectivity index (χ2v) is 6.88. The molecule has 2 aromatic rings. The average Bonchev–Trinajstić information content (AvgIpc) is 2.72. The van der Waals surface area contributed by atoms with Gasteiger partial charge in [0.25, 0.3) is 5.91 Å². The number of aryl methyl sites for hydroxylation is 1. The molecular weight excluding hydrogens is 408 g/mol. The van der Waals surface area contributed by atoms with E-state index in [9.17, 15) is 14.4 Å². The van der Waals surface area contributed by atoms with Crippen molar-refractivity contribution in [1.82, 2.24) is 5.32 Å². The molecule has 0 heterocycles. The Morgan fingerprint density at radius 2 is 1.83 bits per heavy atom. The van der Waals surface area contributed by atoms with Crippen LogP contribution in [0.1, 0.15) is 18.1 Å². The number of carbonyl (C=O) groups excluding carboxylic acids is 3. The normalized spacial score (nSPS) is 11.6. The van der Waals surface area contributed by atoms with Gasteiger partial charge in [0.05, 0.1) is 17.8 Å². The summed E-state index contributed by atoms with van der Waals surface area (Å²) < 4.78 is 10.0. The summed E-state index contributed by atoms with van der Waals surface area (Å²) in [6.45, 7) is 2.85. The summed E-state index contributed by atoms with van der Waals surface area (Å²) in [4.78, 5) is 35.9. The summed E-state index contributed by atoms with van der Waals surface area (Å²) in [5.41, 5.74) is 2.18. The van der Waals surface area contributed by atoms with Crippen molar-refractivity contribution in [3.8, 4) is 5.75 Å². The number of hydrogen-bond donors (Lipinski definition) is 2. The Labute approximate surface area is 180 Å². The van der Waals surface area contributed by atoms with Crippen LogP contribution in [0, 0.1) is 6.92 Å². The highest BCUT2D eigenvalue weighted by Gasteiger charge is 2.17. The minimum absolute atomic E-state index is 0.388. The first kappa shape index (κ1) is 23.0. The molecular formula is C22H23ClN2O5. The second kappa shape index (κ2) is 11.0. The Hall–Kier alpha value is -3.32. The molecule has 0 fully saturated rings. The van der Waals surface area contributed by atoms with Crippen LogP contribution >= 0.6 is 11.6 Å². The van der Waals surface area contributed by atoms with Crippen LogP contribution in [-0.2, 0) is 19.1 Å². The van der Waals surface area contributed by atoms with Crippen LogP contribution in [0.4, 0.5) is 5.69 Å². The molecule has 0 radical (unpaired) electrons. The SMILES string of the molecule is COc1ccc(/C=C/C(=O)N[C@@H](C)C(=O)OCC(=O)Nc2ccc(C)cc2Cl)cc1. The van der Waals surface area contributed by atoms with E-state index in [4.69, 9.17) is 21.1 Å². The zero-order valence-electron chi connectivity index (χ0n) is 16.9. The van der Waals surface area contributed by atoms with E-state index in [2.05, 4.69) is 10.6 Å². The molecule has 0 unspecified atom stereocenters. The van der Waals surface area contributed by atoms with E-state index in [1.54, 1.807) is 55.7 Å². The lowest BCUT2D eigenvalue weighted by Gasteiger charge is -2.12. The monoisotopic (exact) mass is 430 g/mol. The summed E-state index contributed by atoms with van der Waals surface area (Å²) in [5.74, 6) is -1.02. The fourth-order valence-electron chi connectivity index (χ4n) is 2.38. The van der Waals surface area contributed by atoms with Crippen molar-refractivity contribution in [2.24, 2.45) is 0 Å². The summed E-state index contributed by atoms with van der Waals surface area (Å²) >= 11 is 6.05. The highest BCUT2D eigenvalue weighted by molar-refractivity contribution is 6.33. The van der Waals surface area contributed by atoms with Crippen molar-refractivity contribution in [2.75, 3.05) is 19.0 Å². The standard InChI is InChI=1S/C22H23ClN2O5/c1-14-4-10-19(18(23)12-14)25-21(27)13-30-22(28)15(2)24-20(26)11-7-16-5-8-17(29-3)9-6-16/h4-12,15H,13H2,1-3H3,(H,24,26)(H,25,27)/b11-7+/t15-/m0/s1. The molecule has 2 amide bonds. The molecule has 0 saturated carbocycles. The summed E-state index contributed by atoms with van der Waals surface area (Å²) in [6, 6.07) is 11.4. The minimum Gasteiger partial charge on any atom is -0.497 e. The molecule has 0 spiro atoms. The molecule has 2 aromatic carbocycles. The van der Waals surface area contributed by atoms with Crippen LogP contribution in [0.15, 0.2) is 48.5 Å². The van der Waals surface area contributed by atoms with Crippen LogP contribution in [0.2, 0.25) is 5.02 Å². The van der Waals surface area contributed by atoms with Crippen LogP contribution < -0.4 is 15.4 Å². The predicted molar refractivity (Wildman–Crippen MR) is 115 cm³/mol. The van der Waals surface area contributed by atoms with E-state index < -0.39 is 30.4 Å². The first-order valence-electron chi connectivity index (χ1n) is 9.13. The number of ether oxygens (including phenoxy) is 2. The molecule has 0 aliphatic carbocycles. The molecule has 158 valence electrons. The van der Waals surface area contributed by atoms with Gasteiger partial charge >= 0.3 is 5.97 Å². The molecule has 0 aliphatic rings. The number of esters is 1. The molecule has 0 saturated heterocycles. The summed E-state index contributed by atoms with van der Waals surface area (Å²) in [5, 5.41) is 5.43. The van der Waals surface area contributed by atoms with E-state index >= 15 is 0 Å². The van der Waals surface area contributed by atoms with Gasteiger partial charge < -0.3 is 20.1 Å². The second-order valence-electron chi connectivity index (χ2n) is 6.48. The number of halogens is 1. The zero-order chi connectivity index (χ0) is 22.1. The largest absolute Gasteiger partial charge is 0.497 e. The van der Waals surface area contributed by atoms with E-state index in [0.29, 0.717) is 16.5 Å². The number of anilines is 1. The van der Waals surface area contributed by atoms with Gasteiger partial charge in [-0.05, 0) is 55.3 Å². The van der Waals surface area contributed by atoms with E-state index in [1.807, 2.05) is 6.92 Å². The minimum atomic E-state index is -0.922. The first-order valence-corrected chi connectivity index (χ1v) is 9.51. The van der Waals surface area contributed by atoms with Gasteiger partial charge in [-0.15, -0.1) is 0 Å². The molecule has 7 nitrogen and oxygen atoms in total. The Bertz CT molecular complexity index is 941. The summed E-state index contributed by atoms with van der Waals surface area (Å²) in [7, 11) is 1.57. The van der Waals surface area contributed by atoms with Gasteiger partial charge in [-0.2, -0.15) is 0 Å². The number of methoxy groups -OCH3 is 1.